The van der Waals surface area contributed by atoms with E-state index < -0.39 is 24.2 Å². The van der Waals surface area contributed by atoms with Gasteiger partial charge in [-0.1, -0.05) is 13.0 Å². The van der Waals surface area contributed by atoms with E-state index in [1.807, 2.05) is 0 Å². The molecule has 0 aromatic heterocycles. The molecule has 139 valence electrons. The Hall–Kier alpha value is -0.506. The van der Waals surface area contributed by atoms with Crippen LogP contribution in [-0.2, 0) is 51.9 Å². The van der Waals surface area contributed by atoms with Gasteiger partial charge in [0.05, 0.1) is 6.04 Å². The summed E-state index contributed by atoms with van der Waals surface area (Å²) in [5, 5.41) is 7.95. The fourth-order valence-electron chi connectivity index (χ4n) is 2.57. The maximum atomic E-state index is 12.6. The third kappa shape index (κ3) is 6.96. The largest absolute Gasteiger partial charge is 0.540 e. The van der Waals surface area contributed by atoms with E-state index in [9.17, 15) is 19.2 Å². The van der Waals surface area contributed by atoms with Gasteiger partial charge in [-0.2, -0.15) is 12.6 Å². The van der Waals surface area contributed by atoms with Crippen LogP contribution < -0.4 is 16.0 Å². The number of hydrogen-bond acceptors (Lipinski definition) is 6. The molecule has 4 unspecified atom stereocenters. The zero-order chi connectivity index (χ0) is 18.3. The number of nitrogens with one attached hydrogen (secondary N) is 3. The number of amides is 3. The summed E-state index contributed by atoms with van der Waals surface area (Å²) in [6, 6.07) is -2.60. The van der Waals surface area contributed by atoms with Gasteiger partial charge >= 0.3 is 0 Å². The first-order chi connectivity index (χ1) is 11.3. The second kappa shape index (κ2) is 12.0. The predicted molar refractivity (Wildman–Crippen MR) is 92.3 cm³/mol. The summed E-state index contributed by atoms with van der Waals surface area (Å²) in [4.78, 5) is 48.8. The normalized spacial score (nSPS) is 20.0. The van der Waals surface area contributed by atoms with E-state index in [1.54, 1.807) is 20.3 Å². The molecule has 0 aromatic carbocycles. The molecule has 1 saturated heterocycles. The first-order valence-electron chi connectivity index (χ1n) is 7.92. The van der Waals surface area contributed by atoms with Crippen LogP contribution in [0, 0.1) is 0 Å². The van der Waals surface area contributed by atoms with Crippen molar-refractivity contribution in [2.24, 2.45) is 0 Å². The van der Waals surface area contributed by atoms with Crippen molar-refractivity contribution in [1.29, 1.82) is 0 Å². The van der Waals surface area contributed by atoms with E-state index in [-0.39, 0.29) is 50.4 Å². The van der Waals surface area contributed by atoms with Gasteiger partial charge in [0, 0.05) is 45.0 Å². The smallest absolute Gasteiger partial charge is 0.245 e. The van der Waals surface area contributed by atoms with E-state index in [0.717, 1.165) is 0 Å². The van der Waals surface area contributed by atoms with Gasteiger partial charge < -0.3 is 25.6 Å². The summed E-state index contributed by atoms with van der Waals surface area (Å²) in [5.41, 5.74) is 0. The average molecular weight is 446 g/mol. The molecule has 1 radical (unpaired) electrons. The number of likely N-dealkylation sites (N-methyl/N-ethyl adjacent to an activating group) is 1. The van der Waals surface area contributed by atoms with Crippen LogP contribution in [-0.4, -0.2) is 72.4 Å². The number of carbonyl (C=O) groups is 3. The van der Waals surface area contributed by atoms with Gasteiger partial charge in [0.1, 0.15) is 12.1 Å². The van der Waals surface area contributed by atoms with Gasteiger partial charge in [-0.15, -0.1) is 0 Å². The quantitative estimate of drug-likeness (QED) is 0.272. The van der Waals surface area contributed by atoms with Crippen molar-refractivity contribution in [1.82, 2.24) is 20.9 Å². The zero-order valence-electron chi connectivity index (χ0n) is 14.7. The maximum Gasteiger partial charge on any atom is 0.245 e. The minimum Gasteiger partial charge on any atom is -0.540 e. The second-order valence-electron chi connectivity index (χ2n) is 5.79. The van der Waals surface area contributed by atoms with Crippen LogP contribution in [0.25, 0.3) is 0 Å². The molecular formula is C15H25N4O4SY-. The van der Waals surface area contributed by atoms with Gasteiger partial charge in [-0.25, -0.2) is 6.29 Å². The third-order valence-corrected chi connectivity index (χ3v) is 4.32. The summed E-state index contributed by atoms with van der Waals surface area (Å²) in [5.74, 6) is -0.716. The summed E-state index contributed by atoms with van der Waals surface area (Å²) in [7, 11) is 1.64. The van der Waals surface area contributed by atoms with E-state index in [0.29, 0.717) is 25.1 Å². The van der Waals surface area contributed by atoms with Crippen molar-refractivity contribution >= 4 is 36.6 Å². The summed E-state index contributed by atoms with van der Waals surface area (Å²) in [6.45, 7) is 3.54. The topological polar surface area (TPSA) is 108 Å². The Morgan fingerprint density at radius 2 is 1.92 bits per heavy atom. The molecule has 4 atom stereocenters. The third-order valence-electron chi connectivity index (χ3n) is 3.95. The van der Waals surface area contributed by atoms with E-state index in [1.165, 1.54) is 11.8 Å². The van der Waals surface area contributed by atoms with Crippen molar-refractivity contribution in [3.05, 3.63) is 0 Å². The molecule has 0 bridgehead atoms. The molecule has 1 fully saturated rings. The van der Waals surface area contributed by atoms with Crippen LogP contribution in [0.1, 0.15) is 26.7 Å². The molecule has 8 nitrogen and oxygen atoms in total. The van der Waals surface area contributed by atoms with Crippen molar-refractivity contribution in [2.75, 3.05) is 19.3 Å². The number of rotatable bonds is 8. The van der Waals surface area contributed by atoms with Gasteiger partial charge in [0.15, 0.2) is 0 Å². The molecule has 25 heavy (non-hydrogen) atoms. The summed E-state index contributed by atoms with van der Waals surface area (Å²) in [6.07, 6.45) is 2.90. The van der Waals surface area contributed by atoms with Crippen molar-refractivity contribution in [3.8, 4) is 0 Å². The minimum atomic E-state index is -0.753. The first-order valence-corrected chi connectivity index (χ1v) is 8.56. The molecule has 1 rings (SSSR count). The fraction of sp³-hybridized carbons (Fsp3) is 0.733. The number of hydrogen-bond donors (Lipinski definition) is 4. The van der Waals surface area contributed by atoms with Crippen molar-refractivity contribution in [2.45, 2.75) is 50.9 Å². The fourth-order valence-corrected chi connectivity index (χ4v) is 2.92. The molecule has 10 heteroatoms. The summed E-state index contributed by atoms with van der Waals surface area (Å²) < 4.78 is 0. The van der Waals surface area contributed by atoms with Crippen LogP contribution in [0.3, 0.4) is 0 Å². The van der Waals surface area contributed by atoms with E-state index >= 15 is 0 Å². The van der Waals surface area contributed by atoms with Gasteiger partial charge in [0.25, 0.3) is 0 Å². The Labute approximate surface area is 178 Å². The maximum absolute atomic E-state index is 12.6. The number of likely N-dealkylation sites (tertiary alicyclic amines) is 1. The van der Waals surface area contributed by atoms with Gasteiger partial charge in [-0.05, 0) is 26.8 Å². The van der Waals surface area contributed by atoms with Gasteiger partial charge in [0.2, 0.25) is 17.7 Å². The predicted octanol–water partition coefficient (Wildman–Crippen LogP) is -1.39. The molecule has 1 heterocycles. The van der Waals surface area contributed by atoms with Crippen molar-refractivity contribution in [3.63, 3.8) is 0 Å². The van der Waals surface area contributed by atoms with E-state index in [2.05, 4.69) is 28.6 Å². The standard InChI is InChI=1S/C15H25N4O4S.Y/c1-9(7-20)17-14(22)12-5-4-6-19(12)15(23)10(2)18-13(21)11(8-24)16-3;/h9-12,16,24H,4-6,8H2,1-3H3,(H,17,22)(H,18,21);/q-1;. The monoisotopic (exact) mass is 446 g/mol. The molecule has 0 aliphatic carbocycles. The number of thiol groups is 1. The Bertz CT molecular complexity index is 490. The molecule has 1 aliphatic heterocycles. The number of carbonyl (C=O) groups excluding carboxylic acids is 4. The van der Waals surface area contributed by atoms with Crippen LogP contribution in [0.5, 0.6) is 0 Å². The molecule has 3 amide bonds. The van der Waals surface area contributed by atoms with Gasteiger partial charge in [-0.3, -0.25) is 14.4 Å². The molecule has 0 aromatic rings. The number of nitrogens with zero attached hydrogens (tertiary/aromatic N) is 1. The van der Waals surface area contributed by atoms with Crippen LogP contribution in [0.2, 0.25) is 0 Å². The Morgan fingerprint density at radius 1 is 1.28 bits per heavy atom. The SMILES string of the molecule is CNC(CS)C(=O)NC(C)C(=O)N1CCCC1C(=O)NC(C)[C-]=O.[Y]. The van der Waals surface area contributed by atoms with Crippen LogP contribution in [0.4, 0.5) is 0 Å². The Balaban J connectivity index is 0.00000576. The summed E-state index contributed by atoms with van der Waals surface area (Å²) >= 11 is 4.08. The van der Waals surface area contributed by atoms with E-state index in [4.69, 9.17) is 0 Å². The zero-order valence-corrected chi connectivity index (χ0v) is 18.5. The first kappa shape index (κ1) is 24.5. The Morgan fingerprint density at radius 3 is 2.44 bits per heavy atom. The molecule has 0 spiro atoms. The molecule has 1 aliphatic rings. The minimum absolute atomic E-state index is 0. The molecule has 0 saturated carbocycles. The van der Waals surface area contributed by atoms with Crippen molar-refractivity contribution < 1.29 is 51.9 Å². The van der Waals surface area contributed by atoms with Crippen LogP contribution >= 0.6 is 12.6 Å². The molecule has 3 N–H and O–H groups in total. The average Bonchev–Trinajstić information content (AvgIpc) is 3.04. The second-order valence-corrected chi connectivity index (χ2v) is 6.16. The Kier molecular flexibility index (Phi) is 11.7. The molecular weight excluding hydrogens is 421 g/mol. The van der Waals surface area contributed by atoms with Crippen LogP contribution in [0.15, 0.2) is 0 Å².